The number of anilines is 1. The van der Waals surface area contributed by atoms with E-state index >= 15 is 0 Å². The molecule has 1 heterocycles. The van der Waals surface area contributed by atoms with Gasteiger partial charge in [0.15, 0.2) is 0 Å². The zero-order valence-corrected chi connectivity index (χ0v) is 20.6. The molecule has 4 rings (SSSR count). The van der Waals surface area contributed by atoms with Crippen molar-refractivity contribution in [2.75, 3.05) is 5.32 Å². The molecule has 0 aliphatic carbocycles. The molecule has 11 heteroatoms. The Balaban J connectivity index is 1.56. The molecule has 0 spiro atoms. The smallest absolute Gasteiger partial charge is 0.305 e. The number of carboxylic acid groups (broad SMARTS) is 1. The molecule has 1 aliphatic rings. The Morgan fingerprint density at radius 2 is 1.63 bits per heavy atom. The number of benzene rings is 3. The fourth-order valence-electron chi connectivity index (χ4n) is 4.05. The largest absolute Gasteiger partial charge is 0.481 e. The van der Waals surface area contributed by atoms with Gasteiger partial charge in [0.2, 0.25) is 17.7 Å². The first-order valence-corrected chi connectivity index (χ1v) is 12.5. The van der Waals surface area contributed by atoms with Crippen LogP contribution in [0.2, 0.25) is 0 Å². The van der Waals surface area contributed by atoms with Gasteiger partial charge in [0.05, 0.1) is 23.8 Å². The number of hydrogen-bond acceptors (Lipinski definition) is 5. The highest BCUT2D eigenvalue weighted by Crippen LogP contribution is 2.43. The molecule has 0 saturated heterocycles. The number of nitrogens with one attached hydrogen (secondary N) is 3. The first kappa shape index (κ1) is 26.8. The number of halogens is 2. The number of aliphatic carboxylic acids is 1. The van der Waals surface area contributed by atoms with Gasteiger partial charge in [0.25, 0.3) is 0 Å². The van der Waals surface area contributed by atoms with Gasteiger partial charge < -0.3 is 21.1 Å². The van der Waals surface area contributed by atoms with E-state index in [0.717, 1.165) is 22.6 Å². The maximum atomic E-state index is 13.5. The van der Waals surface area contributed by atoms with Gasteiger partial charge >= 0.3 is 5.97 Å². The highest BCUT2D eigenvalue weighted by atomic mass is 32.2. The minimum Gasteiger partial charge on any atom is -0.481 e. The monoisotopic (exact) mass is 539 g/mol. The molecule has 0 unspecified atom stereocenters. The summed E-state index contributed by atoms with van der Waals surface area (Å²) in [7, 11) is 0. The second kappa shape index (κ2) is 11.9. The molecular formula is C27H23F2N3O5S. The summed E-state index contributed by atoms with van der Waals surface area (Å²) in [6.07, 6.45) is -1.26. The summed E-state index contributed by atoms with van der Waals surface area (Å²) in [5.74, 6) is -5.34. The second-order valence-corrected chi connectivity index (χ2v) is 9.78. The first-order chi connectivity index (χ1) is 18.2. The number of rotatable bonds is 8. The predicted molar refractivity (Wildman–Crippen MR) is 136 cm³/mol. The van der Waals surface area contributed by atoms with E-state index in [1.807, 2.05) is 30.3 Å². The van der Waals surface area contributed by atoms with Crippen molar-refractivity contribution in [3.8, 4) is 0 Å². The fourth-order valence-corrected chi connectivity index (χ4v) is 5.35. The van der Waals surface area contributed by atoms with Crippen molar-refractivity contribution in [1.29, 1.82) is 0 Å². The summed E-state index contributed by atoms with van der Waals surface area (Å²) in [6.45, 7) is 0. The summed E-state index contributed by atoms with van der Waals surface area (Å²) in [4.78, 5) is 51.3. The Morgan fingerprint density at radius 3 is 2.32 bits per heavy atom. The lowest BCUT2D eigenvalue weighted by Crippen LogP contribution is -2.54. The number of carbonyl (C=O) groups is 4. The van der Waals surface area contributed by atoms with Crippen LogP contribution in [-0.4, -0.2) is 40.9 Å². The Morgan fingerprint density at radius 1 is 0.974 bits per heavy atom. The van der Waals surface area contributed by atoms with E-state index < -0.39 is 65.5 Å². The van der Waals surface area contributed by atoms with Crippen LogP contribution in [0.5, 0.6) is 0 Å². The average Bonchev–Trinajstić information content (AvgIpc) is 2.99. The quantitative estimate of drug-likeness (QED) is 0.348. The SMILES string of the molecule is O=C(O)C[C@H](NC(=O)Cc1cc(F)cc(F)c1)C(=O)N[C@@H]1C(=O)Nc2ccccc2S[C@@H]1c1ccccc1. The van der Waals surface area contributed by atoms with Crippen LogP contribution in [-0.2, 0) is 25.6 Å². The Kier molecular flexibility index (Phi) is 8.37. The highest BCUT2D eigenvalue weighted by molar-refractivity contribution is 7.99. The van der Waals surface area contributed by atoms with Gasteiger partial charge in [0.1, 0.15) is 23.7 Å². The average molecular weight is 540 g/mol. The number of fused-ring (bicyclic) bond motifs is 1. The number of carbonyl (C=O) groups excluding carboxylic acids is 3. The molecule has 3 aromatic rings. The summed E-state index contributed by atoms with van der Waals surface area (Å²) in [5.41, 5.74) is 1.33. The third-order valence-electron chi connectivity index (χ3n) is 5.73. The van der Waals surface area contributed by atoms with E-state index in [1.165, 1.54) is 11.8 Å². The van der Waals surface area contributed by atoms with Crippen LogP contribution in [0.4, 0.5) is 14.5 Å². The highest BCUT2D eigenvalue weighted by Gasteiger charge is 2.37. The Labute approximate surface area is 220 Å². The van der Waals surface area contributed by atoms with Gasteiger partial charge in [-0.05, 0) is 35.4 Å². The molecule has 8 nitrogen and oxygen atoms in total. The van der Waals surface area contributed by atoms with Crippen LogP contribution in [0.25, 0.3) is 0 Å². The van der Waals surface area contributed by atoms with E-state index in [4.69, 9.17) is 0 Å². The molecule has 0 radical (unpaired) electrons. The van der Waals surface area contributed by atoms with Gasteiger partial charge in [-0.1, -0.05) is 42.5 Å². The van der Waals surface area contributed by atoms with Crippen molar-refractivity contribution in [2.45, 2.75) is 35.1 Å². The number of carboxylic acids is 1. The predicted octanol–water partition coefficient (Wildman–Crippen LogP) is 3.44. The van der Waals surface area contributed by atoms with E-state index in [2.05, 4.69) is 16.0 Å². The van der Waals surface area contributed by atoms with Crippen LogP contribution >= 0.6 is 11.8 Å². The summed E-state index contributed by atoms with van der Waals surface area (Å²) < 4.78 is 27.0. The topological polar surface area (TPSA) is 125 Å². The van der Waals surface area contributed by atoms with Crippen LogP contribution in [0.15, 0.2) is 77.7 Å². The lowest BCUT2D eigenvalue weighted by molar-refractivity contribution is -0.140. The first-order valence-electron chi connectivity index (χ1n) is 11.6. The Bertz CT molecular complexity index is 1350. The molecule has 0 bridgehead atoms. The molecule has 1 aliphatic heterocycles. The summed E-state index contributed by atoms with van der Waals surface area (Å²) >= 11 is 1.36. The van der Waals surface area contributed by atoms with Gasteiger partial charge in [-0.3, -0.25) is 19.2 Å². The molecule has 38 heavy (non-hydrogen) atoms. The van der Waals surface area contributed by atoms with E-state index in [-0.39, 0.29) is 5.56 Å². The van der Waals surface area contributed by atoms with Crippen molar-refractivity contribution >= 4 is 41.1 Å². The van der Waals surface area contributed by atoms with Crippen LogP contribution < -0.4 is 16.0 Å². The molecule has 196 valence electrons. The maximum absolute atomic E-state index is 13.5. The number of hydrogen-bond donors (Lipinski definition) is 4. The fraction of sp³-hybridized carbons (Fsp3) is 0.185. The molecule has 3 amide bonds. The minimum atomic E-state index is -1.54. The lowest BCUT2D eigenvalue weighted by atomic mass is 10.0. The molecule has 4 N–H and O–H groups in total. The summed E-state index contributed by atoms with van der Waals surface area (Å²) in [6, 6.07) is 16.1. The van der Waals surface area contributed by atoms with Crippen LogP contribution in [0, 0.1) is 11.6 Å². The van der Waals surface area contributed by atoms with E-state index in [9.17, 15) is 33.1 Å². The zero-order chi connectivity index (χ0) is 27.2. The number of thioether (sulfide) groups is 1. The van der Waals surface area contributed by atoms with Gasteiger partial charge in [0, 0.05) is 11.0 Å². The number of para-hydroxylation sites is 1. The van der Waals surface area contributed by atoms with Crippen LogP contribution in [0.1, 0.15) is 22.8 Å². The molecular weight excluding hydrogens is 516 g/mol. The normalized spacial score (nSPS) is 17.4. The minimum absolute atomic E-state index is 0.0101. The molecule has 3 atom stereocenters. The van der Waals surface area contributed by atoms with Crippen LogP contribution in [0.3, 0.4) is 0 Å². The molecule has 0 saturated carbocycles. The Hall–Kier alpha value is -4.25. The lowest BCUT2D eigenvalue weighted by Gasteiger charge is -2.26. The van der Waals surface area contributed by atoms with Crippen molar-refractivity contribution in [3.63, 3.8) is 0 Å². The molecule has 3 aromatic carbocycles. The standard InChI is InChI=1S/C27H23F2N3O5S/c28-17-10-15(11-18(29)13-17)12-22(33)30-20(14-23(34)35)26(36)32-24-25(16-6-2-1-3-7-16)38-21-9-5-4-8-19(21)31-27(24)37/h1-11,13,20,24-25H,12,14H2,(H,30,33)(H,31,37)(H,32,36)(H,34,35)/t20-,24-,25+/m0/s1. The van der Waals surface area contributed by atoms with Gasteiger partial charge in [-0.25, -0.2) is 8.78 Å². The third kappa shape index (κ3) is 6.74. The van der Waals surface area contributed by atoms with Crippen molar-refractivity contribution in [3.05, 3.63) is 95.6 Å². The molecule has 0 fully saturated rings. The zero-order valence-electron chi connectivity index (χ0n) is 19.8. The van der Waals surface area contributed by atoms with Gasteiger partial charge in [-0.15, -0.1) is 11.8 Å². The number of amides is 3. The summed E-state index contributed by atoms with van der Waals surface area (Å²) in [5, 5.41) is 16.5. The third-order valence-corrected chi connectivity index (χ3v) is 7.14. The second-order valence-electron chi connectivity index (χ2n) is 8.59. The molecule has 0 aromatic heterocycles. The van der Waals surface area contributed by atoms with Crippen molar-refractivity contribution in [1.82, 2.24) is 10.6 Å². The van der Waals surface area contributed by atoms with E-state index in [1.54, 1.807) is 24.3 Å². The van der Waals surface area contributed by atoms with Crippen molar-refractivity contribution in [2.24, 2.45) is 0 Å². The maximum Gasteiger partial charge on any atom is 0.305 e. The van der Waals surface area contributed by atoms with Gasteiger partial charge in [-0.2, -0.15) is 0 Å². The van der Waals surface area contributed by atoms with E-state index in [0.29, 0.717) is 11.8 Å². The van der Waals surface area contributed by atoms with Crippen molar-refractivity contribution < 1.29 is 33.1 Å².